The average molecular weight is 293 g/mol. The van der Waals surface area contributed by atoms with E-state index in [1.54, 1.807) is 0 Å². The Morgan fingerprint density at radius 1 is 1.37 bits per heavy atom. The minimum atomic E-state index is -4.36. The zero-order valence-corrected chi connectivity index (χ0v) is 12.0. The standard InChI is InChI=1S/C11H12F3NOS.C2H6/c1-2-8(6-16)7-17-10-4-3-9(5-15-10)11(12,13)14;1-2/h3-6,8H,2,7H2,1H3;1-2H3. The van der Waals surface area contributed by atoms with Gasteiger partial charge in [-0.1, -0.05) is 20.8 Å². The third-order valence-corrected chi connectivity index (χ3v) is 3.36. The Bertz CT molecular complexity index is 365. The van der Waals surface area contributed by atoms with E-state index in [0.717, 1.165) is 25.0 Å². The molecular weight excluding hydrogens is 275 g/mol. The van der Waals surface area contributed by atoms with E-state index in [9.17, 15) is 18.0 Å². The molecule has 0 bridgehead atoms. The number of nitrogens with zero attached hydrogens (tertiary/aromatic N) is 1. The van der Waals surface area contributed by atoms with Crippen LogP contribution in [-0.4, -0.2) is 17.0 Å². The zero-order chi connectivity index (χ0) is 14.9. The Labute approximate surface area is 115 Å². The number of alkyl halides is 3. The number of carbonyl (C=O) groups excluding carboxylic acids is 1. The molecule has 0 aliphatic rings. The molecular formula is C13H18F3NOS. The van der Waals surface area contributed by atoms with E-state index in [0.29, 0.717) is 10.8 Å². The summed E-state index contributed by atoms with van der Waals surface area (Å²) in [5, 5.41) is 0.498. The van der Waals surface area contributed by atoms with Gasteiger partial charge in [-0.05, 0) is 18.6 Å². The lowest BCUT2D eigenvalue weighted by Crippen LogP contribution is -2.06. The monoisotopic (exact) mass is 293 g/mol. The first-order valence-electron chi connectivity index (χ1n) is 6.08. The van der Waals surface area contributed by atoms with Gasteiger partial charge in [-0.3, -0.25) is 0 Å². The highest BCUT2D eigenvalue weighted by molar-refractivity contribution is 7.99. The van der Waals surface area contributed by atoms with Gasteiger partial charge in [0.1, 0.15) is 6.29 Å². The minimum absolute atomic E-state index is 0.0795. The second-order valence-corrected chi connectivity index (χ2v) is 4.54. The van der Waals surface area contributed by atoms with Gasteiger partial charge in [-0.15, -0.1) is 11.8 Å². The van der Waals surface area contributed by atoms with Crippen molar-refractivity contribution in [2.24, 2.45) is 5.92 Å². The summed E-state index contributed by atoms with van der Waals surface area (Å²) in [4.78, 5) is 14.3. The van der Waals surface area contributed by atoms with Crippen LogP contribution in [0.25, 0.3) is 0 Å². The van der Waals surface area contributed by atoms with Crippen molar-refractivity contribution in [1.82, 2.24) is 4.98 Å². The molecule has 1 heterocycles. The molecule has 0 radical (unpaired) electrons. The van der Waals surface area contributed by atoms with Gasteiger partial charge < -0.3 is 4.79 Å². The number of hydrogen-bond acceptors (Lipinski definition) is 3. The maximum absolute atomic E-state index is 12.2. The van der Waals surface area contributed by atoms with Gasteiger partial charge in [0.2, 0.25) is 0 Å². The van der Waals surface area contributed by atoms with E-state index in [4.69, 9.17) is 0 Å². The number of aromatic nitrogens is 1. The molecule has 0 fully saturated rings. The van der Waals surface area contributed by atoms with Crippen LogP contribution in [0.4, 0.5) is 13.2 Å². The molecule has 2 nitrogen and oxygen atoms in total. The quantitative estimate of drug-likeness (QED) is 0.593. The van der Waals surface area contributed by atoms with E-state index < -0.39 is 11.7 Å². The first-order valence-corrected chi connectivity index (χ1v) is 7.07. The van der Waals surface area contributed by atoms with Crippen molar-refractivity contribution >= 4 is 18.0 Å². The van der Waals surface area contributed by atoms with Crippen molar-refractivity contribution in [3.8, 4) is 0 Å². The Balaban J connectivity index is 0.00000154. The van der Waals surface area contributed by atoms with Gasteiger partial charge in [0.25, 0.3) is 0 Å². The number of thioether (sulfide) groups is 1. The average Bonchev–Trinajstić information content (AvgIpc) is 2.42. The van der Waals surface area contributed by atoms with Gasteiger partial charge >= 0.3 is 6.18 Å². The molecule has 0 aliphatic carbocycles. The molecule has 1 unspecified atom stereocenters. The Morgan fingerprint density at radius 3 is 2.37 bits per heavy atom. The topological polar surface area (TPSA) is 30.0 Å². The lowest BCUT2D eigenvalue weighted by Gasteiger charge is -2.08. The normalized spacial score (nSPS) is 12.3. The van der Waals surface area contributed by atoms with Gasteiger partial charge in [-0.2, -0.15) is 13.2 Å². The highest BCUT2D eigenvalue weighted by Crippen LogP contribution is 2.29. The maximum atomic E-state index is 12.2. The number of halogens is 3. The van der Waals surface area contributed by atoms with Gasteiger partial charge in [-0.25, -0.2) is 4.98 Å². The molecule has 19 heavy (non-hydrogen) atoms. The first-order chi connectivity index (χ1) is 8.97. The lowest BCUT2D eigenvalue weighted by atomic mass is 10.1. The van der Waals surface area contributed by atoms with Crippen LogP contribution >= 0.6 is 11.8 Å². The first kappa shape index (κ1) is 18.0. The number of rotatable bonds is 5. The molecule has 0 N–H and O–H groups in total. The van der Waals surface area contributed by atoms with Crippen LogP contribution in [-0.2, 0) is 11.0 Å². The molecule has 1 rings (SSSR count). The number of carbonyl (C=O) groups is 1. The summed E-state index contributed by atoms with van der Waals surface area (Å²) in [6, 6.07) is 2.32. The van der Waals surface area contributed by atoms with Crippen molar-refractivity contribution in [3.05, 3.63) is 23.9 Å². The van der Waals surface area contributed by atoms with Crippen molar-refractivity contribution in [2.45, 2.75) is 38.4 Å². The van der Waals surface area contributed by atoms with Gasteiger partial charge in [0.15, 0.2) is 0 Å². The molecule has 0 saturated carbocycles. The molecule has 1 atom stereocenters. The fourth-order valence-corrected chi connectivity index (χ4v) is 2.07. The van der Waals surface area contributed by atoms with Crippen LogP contribution in [0.2, 0.25) is 0 Å². The van der Waals surface area contributed by atoms with Crippen LogP contribution in [0.1, 0.15) is 32.8 Å². The van der Waals surface area contributed by atoms with Crippen LogP contribution < -0.4 is 0 Å². The Kier molecular flexibility index (Phi) is 8.47. The number of hydrogen-bond donors (Lipinski definition) is 0. The third kappa shape index (κ3) is 6.61. The summed E-state index contributed by atoms with van der Waals surface area (Å²) >= 11 is 1.29. The summed E-state index contributed by atoms with van der Waals surface area (Å²) in [5.74, 6) is 0.461. The van der Waals surface area contributed by atoms with Crippen LogP contribution in [0.15, 0.2) is 23.4 Å². The number of pyridine rings is 1. The van der Waals surface area contributed by atoms with E-state index >= 15 is 0 Å². The molecule has 0 amide bonds. The second kappa shape index (κ2) is 8.96. The van der Waals surface area contributed by atoms with Crippen LogP contribution in [0.3, 0.4) is 0 Å². The molecule has 0 aromatic carbocycles. The Hall–Kier alpha value is -1.04. The Morgan fingerprint density at radius 2 is 2.00 bits per heavy atom. The highest BCUT2D eigenvalue weighted by Gasteiger charge is 2.30. The predicted octanol–water partition coefficient (Wildman–Crippen LogP) is 4.44. The van der Waals surface area contributed by atoms with E-state index in [1.165, 1.54) is 17.8 Å². The summed E-state index contributed by atoms with van der Waals surface area (Å²) < 4.78 is 36.7. The van der Waals surface area contributed by atoms with Crippen molar-refractivity contribution in [2.75, 3.05) is 5.75 Å². The van der Waals surface area contributed by atoms with Gasteiger partial charge in [0, 0.05) is 17.9 Å². The molecule has 108 valence electrons. The zero-order valence-electron chi connectivity index (χ0n) is 11.2. The van der Waals surface area contributed by atoms with E-state index in [2.05, 4.69) is 4.98 Å². The van der Waals surface area contributed by atoms with Crippen LogP contribution in [0, 0.1) is 5.92 Å². The molecule has 1 aromatic rings. The van der Waals surface area contributed by atoms with Crippen molar-refractivity contribution in [1.29, 1.82) is 0 Å². The molecule has 6 heteroatoms. The predicted molar refractivity (Wildman–Crippen MR) is 71.2 cm³/mol. The molecule has 0 saturated heterocycles. The third-order valence-electron chi connectivity index (χ3n) is 2.23. The second-order valence-electron chi connectivity index (χ2n) is 3.50. The van der Waals surface area contributed by atoms with Crippen molar-refractivity contribution in [3.63, 3.8) is 0 Å². The smallest absolute Gasteiger partial charge is 0.303 e. The largest absolute Gasteiger partial charge is 0.417 e. The highest BCUT2D eigenvalue weighted by atomic mass is 32.2. The van der Waals surface area contributed by atoms with E-state index in [-0.39, 0.29) is 5.92 Å². The fourth-order valence-electron chi connectivity index (χ4n) is 1.08. The number of aldehydes is 1. The van der Waals surface area contributed by atoms with Crippen LogP contribution in [0.5, 0.6) is 0 Å². The van der Waals surface area contributed by atoms with Crippen molar-refractivity contribution < 1.29 is 18.0 Å². The SMILES string of the molecule is CC.CCC(C=O)CSc1ccc(C(F)(F)F)cn1. The minimum Gasteiger partial charge on any atom is -0.303 e. The molecule has 1 aromatic heterocycles. The lowest BCUT2D eigenvalue weighted by molar-refractivity contribution is -0.137. The summed E-state index contributed by atoms with van der Waals surface area (Å²) in [6.07, 6.45) is -1.97. The molecule has 0 spiro atoms. The maximum Gasteiger partial charge on any atom is 0.417 e. The summed E-state index contributed by atoms with van der Waals surface area (Å²) in [7, 11) is 0. The van der Waals surface area contributed by atoms with Gasteiger partial charge in [0.05, 0.1) is 10.6 Å². The summed E-state index contributed by atoms with van der Waals surface area (Å²) in [5.41, 5.74) is -0.760. The summed E-state index contributed by atoms with van der Waals surface area (Å²) in [6.45, 7) is 5.89. The fraction of sp³-hybridized carbons (Fsp3) is 0.538. The molecule has 0 aliphatic heterocycles. The van der Waals surface area contributed by atoms with E-state index in [1.807, 2.05) is 20.8 Å².